The molecular formula is C14H18N6O2. The average Bonchev–Trinajstić information content (AvgIpc) is 3.07. The van der Waals surface area contributed by atoms with E-state index in [9.17, 15) is 4.79 Å². The first-order valence-electron chi connectivity index (χ1n) is 7.13. The molecular weight excluding hydrogens is 284 g/mol. The molecule has 22 heavy (non-hydrogen) atoms. The summed E-state index contributed by atoms with van der Waals surface area (Å²) in [5.41, 5.74) is 1.00. The highest BCUT2D eigenvalue weighted by Gasteiger charge is 2.29. The molecule has 1 N–H and O–H groups in total. The molecule has 1 amide bonds. The van der Waals surface area contributed by atoms with Crippen LogP contribution in [0.3, 0.4) is 0 Å². The molecule has 0 bridgehead atoms. The number of amides is 1. The largest absolute Gasteiger partial charge is 0.496 e. The van der Waals surface area contributed by atoms with Gasteiger partial charge in [-0.25, -0.2) is 4.68 Å². The van der Waals surface area contributed by atoms with Crippen molar-refractivity contribution < 1.29 is 9.53 Å². The van der Waals surface area contributed by atoms with E-state index < -0.39 is 0 Å². The van der Waals surface area contributed by atoms with Gasteiger partial charge in [0, 0.05) is 25.2 Å². The summed E-state index contributed by atoms with van der Waals surface area (Å²) in [6, 6.07) is 7.72. The molecule has 2 heterocycles. The second-order valence-electron chi connectivity index (χ2n) is 5.06. The van der Waals surface area contributed by atoms with Crippen molar-refractivity contribution in [2.24, 2.45) is 0 Å². The molecule has 2 aromatic rings. The van der Waals surface area contributed by atoms with Crippen LogP contribution in [0.5, 0.6) is 5.75 Å². The van der Waals surface area contributed by atoms with Gasteiger partial charge in [0.15, 0.2) is 0 Å². The fourth-order valence-electron chi connectivity index (χ4n) is 2.70. The second kappa shape index (κ2) is 6.52. The zero-order chi connectivity index (χ0) is 15.4. The third kappa shape index (κ3) is 2.91. The highest BCUT2D eigenvalue weighted by molar-refractivity contribution is 5.76. The fourth-order valence-corrected chi connectivity index (χ4v) is 2.70. The van der Waals surface area contributed by atoms with Gasteiger partial charge in [-0.05, 0) is 16.5 Å². The Hall–Kier alpha value is -2.48. The molecule has 1 saturated heterocycles. The first-order valence-corrected chi connectivity index (χ1v) is 7.13. The number of carbonyl (C=O) groups is 1. The number of hydrogen-bond donors (Lipinski definition) is 1. The molecule has 8 heteroatoms. The Morgan fingerprint density at radius 3 is 3.09 bits per heavy atom. The van der Waals surface area contributed by atoms with Crippen molar-refractivity contribution >= 4 is 5.91 Å². The lowest BCUT2D eigenvalue weighted by molar-refractivity contribution is -0.135. The number of rotatable bonds is 4. The zero-order valence-corrected chi connectivity index (χ0v) is 12.3. The van der Waals surface area contributed by atoms with Crippen LogP contribution >= 0.6 is 0 Å². The summed E-state index contributed by atoms with van der Waals surface area (Å²) in [6.07, 6.45) is 1.44. The van der Waals surface area contributed by atoms with E-state index in [4.69, 9.17) is 4.74 Å². The van der Waals surface area contributed by atoms with Gasteiger partial charge in [0.05, 0.1) is 13.2 Å². The number of nitrogens with zero attached hydrogens (tertiary/aromatic N) is 5. The van der Waals surface area contributed by atoms with Crippen LogP contribution in [0, 0.1) is 0 Å². The average molecular weight is 302 g/mol. The minimum absolute atomic E-state index is 0.00953. The molecule has 1 aromatic heterocycles. The van der Waals surface area contributed by atoms with Gasteiger partial charge in [-0.2, -0.15) is 0 Å². The van der Waals surface area contributed by atoms with E-state index in [-0.39, 0.29) is 18.5 Å². The number of hydrogen-bond acceptors (Lipinski definition) is 6. The van der Waals surface area contributed by atoms with Gasteiger partial charge >= 0.3 is 0 Å². The van der Waals surface area contributed by atoms with Crippen molar-refractivity contribution in [3.05, 3.63) is 36.2 Å². The molecule has 1 aliphatic heterocycles. The lowest BCUT2D eigenvalue weighted by atomic mass is 10.0. The zero-order valence-electron chi connectivity index (χ0n) is 12.3. The van der Waals surface area contributed by atoms with Gasteiger partial charge in [0.2, 0.25) is 5.91 Å². The molecule has 0 spiro atoms. The van der Waals surface area contributed by atoms with E-state index in [0.29, 0.717) is 13.1 Å². The number of nitrogens with one attached hydrogen (secondary N) is 1. The minimum atomic E-state index is -0.0612. The van der Waals surface area contributed by atoms with Crippen molar-refractivity contribution in [1.82, 2.24) is 30.4 Å². The van der Waals surface area contributed by atoms with Crippen LogP contribution in [0.1, 0.15) is 11.6 Å². The Morgan fingerprint density at radius 1 is 1.45 bits per heavy atom. The first-order chi connectivity index (χ1) is 10.8. The number of ether oxygens (including phenoxy) is 1. The number of tetrazole rings is 1. The van der Waals surface area contributed by atoms with Gasteiger partial charge in [-0.3, -0.25) is 4.79 Å². The summed E-state index contributed by atoms with van der Waals surface area (Å²) in [4.78, 5) is 14.4. The Morgan fingerprint density at radius 2 is 2.32 bits per heavy atom. The van der Waals surface area contributed by atoms with Crippen molar-refractivity contribution in [3.8, 4) is 5.75 Å². The van der Waals surface area contributed by atoms with Gasteiger partial charge in [-0.1, -0.05) is 18.2 Å². The Balaban J connectivity index is 1.83. The summed E-state index contributed by atoms with van der Waals surface area (Å²) in [5.74, 6) is 0.779. The molecule has 0 saturated carbocycles. The first kappa shape index (κ1) is 14.5. The molecule has 1 atom stereocenters. The number of aromatic nitrogens is 4. The van der Waals surface area contributed by atoms with Crippen molar-refractivity contribution in [1.29, 1.82) is 0 Å². The second-order valence-corrected chi connectivity index (χ2v) is 5.06. The molecule has 1 aromatic carbocycles. The molecule has 1 unspecified atom stereocenters. The third-order valence-corrected chi connectivity index (χ3v) is 3.75. The summed E-state index contributed by atoms with van der Waals surface area (Å²) in [7, 11) is 1.64. The number of carbonyl (C=O) groups excluding carboxylic acids is 1. The van der Waals surface area contributed by atoms with Gasteiger partial charge in [-0.15, -0.1) is 5.10 Å². The number of methoxy groups -OCH3 is 1. The standard InChI is InChI=1S/C14H18N6O2/c1-22-13-5-3-2-4-11(13)12-8-15-6-7-20(12)14(21)9-19-10-16-17-18-19/h2-5,10,12,15H,6-9H2,1H3. The van der Waals surface area contributed by atoms with E-state index in [1.165, 1.54) is 11.0 Å². The fraction of sp³-hybridized carbons (Fsp3) is 0.429. The summed E-state index contributed by atoms with van der Waals surface area (Å²) in [6.45, 7) is 2.25. The molecule has 8 nitrogen and oxygen atoms in total. The van der Waals surface area contributed by atoms with Gasteiger partial charge < -0.3 is 15.0 Å². The maximum atomic E-state index is 12.6. The van der Waals surface area contributed by atoms with E-state index in [0.717, 1.165) is 17.9 Å². The predicted molar refractivity (Wildman–Crippen MR) is 78.1 cm³/mol. The van der Waals surface area contributed by atoms with E-state index in [1.54, 1.807) is 7.11 Å². The van der Waals surface area contributed by atoms with Crippen molar-refractivity contribution in [2.75, 3.05) is 26.7 Å². The number of para-hydroxylation sites is 1. The predicted octanol–water partition coefficient (Wildman–Crippen LogP) is -0.145. The Bertz CT molecular complexity index is 630. The van der Waals surface area contributed by atoms with Crippen LogP contribution in [-0.4, -0.2) is 57.8 Å². The molecule has 3 rings (SSSR count). The topological polar surface area (TPSA) is 85.2 Å². The normalized spacial score (nSPS) is 18.2. The van der Waals surface area contributed by atoms with E-state index in [1.807, 2.05) is 29.2 Å². The smallest absolute Gasteiger partial charge is 0.245 e. The molecule has 0 radical (unpaired) electrons. The quantitative estimate of drug-likeness (QED) is 0.846. The van der Waals surface area contributed by atoms with Crippen LogP contribution in [0.4, 0.5) is 0 Å². The number of benzene rings is 1. The van der Waals surface area contributed by atoms with Gasteiger partial charge in [0.1, 0.15) is 18.6 Å². The van der Waals surface area contributed by atoms with Crippen LogP contribution in [0.15, 0.2) is 30.6 Å². The van der Waals surface area contributed by atoms with Crippen LogP contribution < -0.4 is 10.1 Å². The summed E-state index contributed by atoms with van der Waals surface area (Å²) >= 11 is 0. The van der Waals surface area contributed by atoms with Crippen LogP contribution in [0.2, 0.25) is 0 Å². The van der Waals surface area contributed by atoms with Crippen LogP contribution in [0.25, 0.3) is 0 Å². The van der Waals surface area contributed by atoms with E-state index >= 15 is 0 Å². The Labute approximate surface area is 128 Å². The monoisotopic (exact) mass is 302 g/mol. The van der Waals surface area contributed by atoms with E-state index in [2.05, 4.69) is 20.8 Å². The minimum Gasteiger partial charge on any atom is -0.496 e. The van der Waals surface area contributed by atoms with Crippen molar-refractivity contribution in [2.45, 2.75) is 12.6 Å². The highest BCUT2D eigenvalue weighted by Crippen LogP contribution is 2.30. The SMILES string of the molecule is COc1ccccc1C1CNCCN1C(=O)Cn1cnnn1. The molecule has 0 aliphatic carbocycles. The Kier molecular flexibility index (Phi) is 4.29. The molecule has 1 fully saturated rings. The highest BCUT2D eigenvalue weighted by atomic mass is 16.5. The summed E-state index contributed by atoms with van der Waals surface area (Å²) < 4.78 is 6.86. The number of piperazine rings is 1. The molecule has 1 aliphatic rings. The third-order valence-electron chi connectivity index (χ3n) is 3.75. The molecule has 116 valence electrons. The van der Waals surface area contributed by atoms with Crippen LogP contribution in [-0.2, 0) is 11.3 Å². The van der Waals surface area contributed by atoms with Crippen molar-refractivity contribution in [3.63, 3.8) is 0 Å². The van der Waals surface area contributed by atoms with Gasteiger partial charge in [0.25, 0.3) is 0 Å². The lowest BCUT2D eigenvalue weighted by Gasteiger charge is -2.37. The maximum absolute atomic E-state index is 12.6. The lowest BCUT2D eigenvalue weighted by Crippen LogP contribution is -2.49. The summed E-state index contributed by atoms with van der Waals surface area (Å²) in [5, 5.41) is 14.2. The maximum Gasteiger partial charge on any atom is 0.245 e.